The molecule has 0 amide bonds. The molecule has 2 N–H and O–H groups in total. The van der Waals surface area contributed by atoms with Crippen LogP contribution in [-0.4, -0.2) is 51.7 Å². The molecule has 202 valence electrons. The molecule has 4 atom stereocenters. The predicted molar refractivity (Wildman–Crippen MR) is 133 cm³/mol. The van der Waals surface area contributed by atoms with E-state index in [1.807, 2.05) is 27.7 Å². The Hall–Kier alpha value is -0.470. The third kappa shape index (κ3) is 12.0. The number of thioether (sulfide) groups is 1. The van der Waals surface area contributed by atoms with E-state index in [9.17, 15) is 28.2 Å². The van der Waals surface area contributed by atoms with Crippen molar-refractivity contribution < 1.29 is 32.9 Å². The average Bonchev–Trinajstić information content (AvgIpc) is 3.07. The van der Waals surface area contributed by atoms with Crippen molar-refractivity contribution in [3.8, 4) is 0 Å². The molecular formula is C26H47F3O4S. The summed E-state index contributed by atoms with van der Waals surface area (Å²) in [6.45, 7) is 8.05. The lowest BCUT2D eigenvalue weighted by Gasteiger charge is -2.41. The molecule has 1 aliphatic carbocycles. The number of alkyl halides is 3. The van der Waals surface area contributed by atoms with E-state index in [1.165, 1.54) is 0 Å². The minimum absolute atomic E-state index is 0.138. The molecule has 0 radical (unpaired) electrons. The molecule has 0 spiro atoms. The van der Waals surface area contributed by atoms with Crippen LogP contribution < -0.4 is 0 Å². The van der Waals surface area contributed by atoms with E-state index in [4.69, 9.17) is 4.74 Å². The Morgan fingerprint density at radius 2 is 1.59 bits per heavy atom. The summed E-state index contributed by atoms with van der Waals surface area (Å²) in [5.74, 6) is 0.633. The normalized spacial score (nSPS) is 23.1. The van der Waals surface area contributed by atoms with Crippen molar-refractivity contribution in [2.75, 3.05) is 12.4 Å². The minimum Gasteiger partial charge on any atom is -0.466 e. The molecule has 0 aromatic rings. The monoisotopic (exact) mass is 512 g/mol. The Morgan fingerprint density at radius 3 is 2.24 bits per heavy atom. The van der Waals surface area contributed by atoms with Crippen molar-refractivity contribution in [3.63, 3.8) is 0 Å². The maximum atomic E-state index is 12.3. The van der Waals surface area contributed by atoms with E-state index < -0.39 is 23.6 Å². The Kier molecular flexibility index (Phi) is 13.9. The fraction of sp³-hybridized carbons (Fsp3) is 0.962. The summed E-state index contributed by atoms with van der Waals surface area (Å²) < 4.78 is 41.9. The van der Waals surface area contributed by atoms with Gasteiger partial charge in [-0.25, -0.2) is 0 Å². The van der Waals surface area contributed by atoms with Crippen molar-refractivity contribution in [2.45, 2.75) is 134 Å². The molecule has 0 saturated heterocycles. The number of aliphatic hydroxyl groups excluding tert-OH is 1. The highest BCUT2D eigenvalue weighted by Crippen LogP contribution is 2.44. The first-order valence-electron chi connectivity index (χ1n) is 13.0. The number of esters is 1. The van der Waals surface area contributed by atoms with Crippen LogP contribution in [0.4, 0.5) is 13.2 Å². The van der Waals surface area contributed by atoms with Crippen LogP contribution in [-0.2, 0) is 9.53 Å². The van der Waals surface area contributed by atoms with Gasteiger partial charge in [0.25, 0.3) is 0 Å². The smallest absolute Gasteiger partial charge is 0.389 e. The molecular weight excluding hydrogens is 465 g/mol. The molecule has 4 nitrogen and oxygen atoms in total. The Balaban J connectivity index is 2.38. The second-order valence-corrected chi connectivity index (χ2v) is 12.0. The van der Waals surface area contributed by atoms with Crippen LogP contribution in [0.1, 0.15) is 111 Å². The van der Waals surface area contributed by atoms with Crippen LogP contribution in [0.25, 0.3) is 0 Å². The summed E-state index contributed by atoms with van der Waals surface area (Å²) in [6, 6.07) is 0. The highest BCUT2D eigenvalue weighted by atomic mass is 32.2. The van der Waals surface area contributed by atoms with Crippen molar-refractivity contribution in [3.05, 3.63) is 0 Å². The number of ether oxygens (including phenoxy) is 1. The SMILES string of the molecule is CCOC(=O)CCCCCCC1C(O)CCC1SCC(C)(O)C(C)(C)CCCCCC(F)(F)F. The summed E-state index contributed by atoms with van der Waals surface area (Å²) >= 11 is 1.73. The number of hydrogen-bond donors (Lipinski definition) is 2. The molecule has 1 aliphatic rings. The molecule has 34 heavy (non-hydrogen) atoms. The summed E-state index contributed by atoms with van der Waals surface area (Å²) in [5, 5.41) is 22.0. The number of halogens is 3. The third-order valence-corrected chi connectivity index (χ3v) is 9.23. The largest absolute Gasteiger partial charge is 0.466 e. The van der Waals surface area contributed by atoms with Gasteiger partial charge in [-0.2, -0.15) is 24.9 Å². The Bertz CT molecular complexity index is 581. The third-order valence-electron chi connectivity index (χ3n) is 7.49. The fourth-order valence-corrected chi connectivity index (χ4v) is 6.43. The lowest BCUT2D eigenvalue weighted by atomic mass is 9.73. The van der Waals surface area contributed by atoms with Crippen LogP contribution in [0, 0.1) is 11.3 Å². The quantitative estimate of drug-likeness (QED) is 0.161. The van der Waals surface area contributed by atoms with Gasteiger partial charge >= 0.3 is 12.1 Å². The Morgan fingerprint density at radius 1 is 0.971 bits per heavy atom. The maximum absolute atomic E-state index is 12.3. The van der Waals surface area contributed by atoms with Gasteiger partial charge in [0.1, 0.15) is 0 Å². The van der Waals surface area contributed by atoms with Gasteiger partial charge in [-0.1, -0.05) is 46.0 Å². The van der Waals surface area contributed by atoms with Gasteiger partial charge < -0.3 is 14.9 Å². The van der Waals surface area contributed by atoms with Crippen LogP contribution in [0.2, 0.25) is 0 Å². The summed E-state index contributed by atoms with van der Waals surface area (Å²) in [4.78, 5) is 11.4. The second kappa shape index (κ2) is 14.9. The van der Waals surface area contributed by atoms with E-state index in [1.54, 1.807) is 11.8 Å². The van der Waals surface area contributed by atoms with Crippen molar-refractivity contribution in [1.82, 2.24) is 0 Å². The Labute approximate surface area is 208 Å². The first kappa shape index (κ1) is 31.6. The van der Waals surface area contributed by atoms with Gasteiger partial charge in [0.05, 0.1) is 18.3 Å². The van der Waals surface area contributed by atoms with E-state index >= 15 is 0 Å². The van der Waals surface area contributed by atoms with E-state index in [2.05, 4.69) is 0 Å². The highest BCUT2D eigenvalue weighted by molar-refractivity contribution is 8.00. The van der Waals surface area contributed by atoms with Crippen molar-refractivity contribution in [1.29, 1.82) is 0 Å². The second-order valence-electron chi connectivity index (χ2n) is 10.7. The van der Waals surface area contributed by atoms with Gasteiger partial charge in [-0.05, 0) is 63.7 Å². The predicted octanol–water partition coefficient (Wildman–Crippen LogP) is 7.05. The van der Waals surface area contributed by atoms with Crippen molar-refractivity contribution >= 4 is 17.7 Å². The molecule has 1 saturated carbocycles. The number of carbonyl (C=O) groups is 1. The first-order valence-corrected chi connectivity index (χ1v) is 14.1. The van der Waals surface area contributed by atoms with Crippen molar-refractivity contribution in [2.24, 2.45) is 11.3 Å². The summed E-state index contributed by atoms with van der Waals surface area (Å²) in [7, 11) is 0. The number of rotatable bonds is 17. The average molecular weight is 513 g/mol. The standard InChI is InChI=1S/C26H47F3O4S/c1-5-33-23(31)14-10-7-6-9-13-20-21(30)15-16-22(20)34-19-25(4,32)24(2,3)17-11-8-12-18-26(27,28)29/h20-22,30,32H,5-19H2,1-4H3. The number of aliphatic hydroxyl groups is 2. The summed E-state index contributed by atoms with van der Waals surface area (Å²) in [5.41, 5.74) is -1.34. The van der Waals surface area contributed by atoms with Crippen LogP contribution in [0.5, 0.6) is 0 Å². The fourth-order valence-electron chi connectivity index (χ4n) is 4.64. The topological polar surface area (TPSA) is 66.8 Å². The summed E-state index contributed by atoms with van der Waals surface area (Å²) in [6.07, 6.45) is 3.86. The molecule has 0 heterocycles. The molecule has 8 heteroatoms. The molecule has 0 aromatic heterocycles. The lowest BCUT2D eigenvalue weighted by molar-refractivity contribution is -0.143. The van der Waals surface area contributed by atoms with Crippen LogP contribution in [0.3, 0.4) is 0 Å². The van der Waals surface area contributed by atoms with Gasteiger partial charge in [0, 0.05) is 23.8 Å². The molecule has 0 aliphatic heterocycles. The van der Waals surface area contributed by atoms with E-state index in [0.717, 1.165) is 44.9 Å². The molecule has 4 unspecified atom stereocenters. The lowest BCUT2D eigenvalue weighted by Crippen LogP contribution is -2.44. The molecule has 1 rings (SSSR count). The van der Waals surface area contributed by atoms with E-state index in [-0.39, 0.29) is 24.4 Å². The van der Waals surface area contributed by atoms with E-state index in [0.29, 0.717) is 43.3 Å². The molecule has 0 aromatic carbocycles. The highest BCUT2D eigenvalue weighted by Gasteiger charge is 2.41. The minimum atomic E-state index is -4.09. The number of carbonyl (C=O) groups excluding carboxylic acids is 1. The number of hydrogen-bond acceptors (Lipinski definition) is 5. The van der Waals surface area contributed by atoms with Crippen LogP contribution >= 0.6 is 11.8 Å². The zero-order chi connectivity index (χ0) is 25.8. The van der Waals surface area contributed by atoms with Gasteiger partial charge in [-0.3, -0.25) is 4.79 Å². The zero-order valence-electron chi connectivity index (χ0n) is 21.6. The molecule has 0 bridgehead atoms. The zero-order valence-corrected chi connectivity index (χ0v) is 22.4. The van der Waals surface area contributed by atoms with Crippen LogP contribution in [0.15, 0.2) is 0 Å². The van der Waals surface area contributed by atoms with Gasteiger partial charge in [-0.15, -0.1) is 0 Å². The number of unbranched alkanes of at least 4 members (excludes halogenated alkanes) is 5. The van der Waals surface area contributed by atoms with Gasteiger partial charge in [0.2, 0.25) is 0 Å². The first-order chi connectivity index (χ1) is 15.8. The van der Waals surface area contributed by atoms with Gasteiger partial charge in [0.15, 0.2) is 0 Å². The molecule has 1 fully saturated rings. The maximum Gasteiger partial charge on any atom is 0.389 e.